The quantitative estimate of drug-likeness (QED) is 0.751. The number of benzene rings is 1. The molecule has 0 saturated heterocycles. The van der Waals surface area contributed by atoms with Crippen molar-refractivity contribution in [1.29, 1.82) is 10.5 Å². The molecule has 0 radical (unpaired) electrons. The van der Waals surface area contributed by atoms with Gasteiger partial charge in [0.15, 0.2) is 0 Å². The van der Waals surface area contributed by atoms with Crippen molar-refractivity contribution in [2.24, 2.45) is 11.3 Å². The Balaban J connectivity index is 2.14. The number of anilines is 1. The predicted octanol–water partition coefficient (Wildman–Crippen LogP) is 2.41. The summed E-state index contributed by atoms with van der Waals surface area (Å²) in [5.41, 5.74) is -0.191. The van der Waals surface area contributed by atoms with Crippen molar-refractivity contribution in [3.8, 4) is 23.6 Å². The molecule has 146 valence electrons. The maximum absolute atomic E-state index is 12.3. The number of thioether (sulfide) groups is 1. The van der Waals surface area contributed by atoms with Crippen LogP contribution in [0, 0.1) is 34.0 Å². The highest BCUT2D eigenvalue weighted by Crippen LogP contribution is 2.41. The molecule has 0 unspecified atom stereocenters. The fraction of sp³-hybridized carbons (Fsp3) is 0.368. The van der Waals surface area contributed by atoms with E-state index in [4.69, 9.17) is 9.47 Å². The molecule has 0 aromatic heterocycles. The van der Waals surface area contributed by atoms with Crippen molar-refractivity contribution < 1.29 is 19.1 Å². The first-order valence-corrected chi connectivity index (χ1v) is 9.27. The lowest BCUT2D eigenvalue weighted by Crippen LogP contribution is -2.44. The summed E-state index contributed by atoms with van der Waals surface area (Å²) in [7, 11) is 3.01. The van der Waals surface area contributed by atoms with E-state index in [1.54, 1.807) is 32.0 Å². The smallest absolute Gasteiger partial charge is 0.243 e. The summed E-state index contributed by atoms with van der Waals surface area (Å²) in [6.45, 7) is 3.34. The molecule has 1 aliphatic rings. The fourth-order valence-electron chi connectivity index (χ4n) is 2.76. The summed E-state index contributed by atoms with van der Waals surface area (Å²) in [4.78, 5) is 24.5. The second-order valence-electron chi connectivity index (χ2n) is 6.49. The van der Waals surface area contributed by atoms with E-state index in [-0.39, 0.29) is 17.2 Å². The molecule has 1 aromatic rings. The molecule has 0 saturated carbocycles. The van der Waals surface area contributed by atoms with Crippen molar-refractivity contribution in [2.45, 2.75) is 13.8 Å². The van der Waals surface area contributed by atoms with Crippen molar-refractivity contribution in [3.05, 3.63) is 28.8 Å². The molecule has 28 heavy (non-hydrogen) atoms. The Labute approximate surface area is 167 Å². The fourth-order valence-corrected chi connectivity index (χ4v) is 3.73. The van der Waals surface area contributed by atoms with E-state index < -0.39 is 17.2 Å². The molecule has 2 N–H and O–H groups in total. The highest BCUT2D eigenvalue weighted by molar-refractivity contribution is 8.03. The van der Waals surface area contributed by atoms with Crippen molar-refractivity contribution in [3.63, 3.8) is 0 Å². The maximum atomic E-state index is 12.3. The van der Waals surface area contributed by atoms with Gasteiger partial charge in [0, 0.05) is 11.5 Å². The van der Waals surface area contributed by atoms with Gasteiger partial charge in [-0.15, -0.1) is 0 Å². The Morgan fingerprint density at radius 2 is 2.04 bits per heavy atom. The number of methoxy groups -OCH3 is 2. The first-order chi connectivity index (χ1) is 13.3. The van der Waals surface area contributed by atoms with Crippen LogP contribution < -0.4 is 20.1 Å². The van der Waals surface area contributed by atoms with E-state index in [9.17, 15) is 20.1 Å². The number of hydrogen-bond acceptors (Lipinski definition) is 7. The predicted molar refractivity (Wildman–Crippen MR) is 104 cm³/mol. The zero-order valence-corrected chi connectivity index (χ0v) is 16.8. The van der Waals surface area contributed by atoms with Gasteiger partial charge in [0.1, 0.15) is 17.4 Å². The molecule has 8 nitrogen and oxygen atoms in total. The molecule has 9 heteroatoms. The van der Waals surface area contributed by atoms with E-state index in [0.29, 0.717) is 22.2 Å². The minimum Gasteiger partial charge on any atom is -0.497 e. The number of nitrogens with one attached hydrogen (secondary N) is 2. The number of ether oxygens (including phenoxy) is 2. The number of carbonyl (C=O) groups excluding carboxylic acids is 2. The standard InChI is InChI=1S/C19H20N4O4S/c1-19(2)12(8-20)17(25)23-18(13(19)9-21)28-10-16(24)22-14-6-5-11(26-3)7-15(14)27-4/h5-7,12H,10H2,1-4H3,(H,22,24)(H,23,25)/t12-/m0/s1. The SMILES string of the molecule is COc1ccc(NC(=O)CSC2=C(C#N)C(C)(C)[C@@H](C#N)C(=O)N2)c(OC)c1. The third kappa shape index (κ3) is 4.21. The van der Waals surface area contributed by atoms with Crippen molar-refractivity contribution in [1.82, 2.24) is 5.32 Å². The zero-order chi connectivity index (χ0) is 20.9. The van der Waals surface area contributed by atoms with Gasteiger partial charge < -0.3 is 20.1 Å². The maximum Gasteiger partial charge on any atom is 0.243 e. The van der Waals surface area contributed by atoms with E-state index in [0.717, 1.165) is 11.8 Å². The number of allylic oxidation sites excluding steroid dienone is 1. The van der Waals surface area contributed by atoms with Gasteiger partial charge in [-0.1, -0.05) is 25.6 Å². The molecule has 1 aliphatic heterocycles. The van der Waals surface area contributed by atoms with Crippen LogP contribution in [0.4, 0.5) is 5.69 Å². The van der Waals surface area contributed by atoms with Crippen LogP contribution in [-0.4, -0.2) is 31.8 Å². The van der Waals surface area contributed by atoms with Gasteiger partial charge in [-0.05, 0) is 12.1 Å². The average molecular weight is 400 g/mol. The van der Waals surface area contributed by atoms with Crippen LogP contribution in [0.5, 0.6) is 11.5 Å². The van der Waals surface area contributed by atoms with Crippen LogP contribution in [0.3, 0.4) is 0 Å². The van der Waals surface area contributed by atoms with Crippen molar-refractivity contribution in [2.75, 3.05) is 25.3 Å². The van der Waals surface area contributed by atoms with Gasteiger partial charge in [0.2, 0.25) is 11.8 Å². The van der Waals surface area contributed by atoms with Crippen LogP contribution in [0.15, 0.2) is 28.8 Å². The van der Waals surface area contributed by atoms with Crippen LogP contribution in [-0.2, 0) is 9.59 Å². The van der Waals surface area contributed by atoms with Gasteiger partial charge >= 0.3 is 0 Å². The van der Waals surface area contributed by atoms with Gasteiger partial charge in [-0.3, -0.25) is 9.59 Å². The minimum atomic E-state index is -0.969. The largest absolute Gasteiger partial charge is 0.497 e. The third-order valence-electron chi connectivity index (χ3n) is 4.36. The van der Waals surface area contributed by atoms with E-state index in [2.05, 4.69) is 16.7 Å². The lowest BCUT2D eigenvalue weighted by atomic mass is 9.72. The van der Waals surface area contributed by atoms with Crippen molar-refractivity contribution >= 4 is 29.3 Å². The first-order valence-electron chi connectivity index (χ1n) is 8.28. The van der Waals surface area contributed by atoms with Gasteiger partial charge in [0.25, 0.3) is 0 Å². The molecule has 1 atom stereocenters. The number of rotatable bonds is 6. The first kappa shape index (κ1) is 21.1. The summed E-state index contributed by atoms with van der Waals surface area (Å²) in [5, 5.41) is 24.3. The molecule has 0 fully saturated rings. The summed E-state index contributed by atoms with van der Waals surface area (Å²) < 4.78 is 10.4. The van der Waals surface area contributed by atoms with Crippen LogP contribution in [0.25, 0.3) is 0 Å². The second kappa shape index (κ2) is 8.68. The zero-order valence-electron chi connectivity index (χ0n) is 16.0. The van der Waals surface area contributed by atoms with Gasteiger partial charge in [-0.2, -0.15) is 10.5 Å². The van der Waals surface area contributed by atoms with E-state index >= 15 is 0 Å². The Morgan fingerprint density at radius 1 is 1.32 bits per heavy atom. The molecule has 2 rings (SSSR count). The lowest BCUT2D eigenvalue weighted by molar-refractivity contribution is -0.125. The summed E-state index contributed by atoms with van der Waals surface area (Å²) >= 11 is 1.04. The molecule has 2 amide bonds. The molecular weight excluding hydrogens is 380 g/mol. The van der Waals surface area contributed by atoms with Gasteiger partial charge in [-0.25, -0.2) is 0 Å². The van der Waals surface area contributed by atoms with Crippen LogP contribution >= 0.6 is 11.8 Å². The highest BCUT2D eigenvalue weighted by Gasteiger charge is 2.44. The Hall–Kier alpha value is -3.17. The molecular formula is C19H20N4O4S. The number of hydrogen-bond donors (Lipinski definition) is 2. The number of carbonyl (C=O) groups is 2. The Morgan fingerprint density at radius 3 is 2.61 bits per heavy atom. The molecule has 0 spiro atoms. The number of nitrogens with zero attached hydrogens (tertiary/aromatic N) is 2. The lowest BCUT2D eigenvalue weighted by Gasteiger charge is -2.34. The average Bonchev–Trinajstić information content (AvgIpc) is 2.66. The monoisotopic (exact) mass is 400 g/mol. The second-order valence-corrected chi connectivity index (χ2v) is 7.48. The van der Waals surface area contributed by atoms with Crippen LogP contribution in [0.1, 0.15) is 13.8 Å². The number of amides is 2. The van der Waals surface area contributed by atoms with E-state index in [1.807, 2.05) is 6.07 Å². The third-order valence-corrected chi connectivity index (χ3v) is 5.36. The Bertz CT molecular complexity index is 911. The molecule has 1 aromatic carbocycles. The summed E-state index contributed by atoms with van der Waals surface area (Å²) in [6.07, 6.45) is 0. The van der Waals surface area contributed by atoms with E-state index in [1.165, 1.54) is 14.2 Å². The molecule has 1 heterocycles. The number of nitriles is 2. The van der Waals surface area contributed by atoms with Gasteiger partial charge in [0.05, 0.1) is 48.4 Å². The topological polar surface area (TPSA) is 124 Å². The highest BCUT2D eigenvalue weighted by atomic mass is 32.2. The van der Waals surface area contributed by atoms with Crippen LogP contribution in [0.2, 0.25) is 0 Å². The molecule has 0 aliphatic carbocycles. The summed E-state index contributed by atoms with van der Waals surface area (Å²) in [6, 6.07) is 8.99. The normalized spacial score (nSPS) is 17.8. The minimum absolute atomic E-state index is 0.0384. The Kier molecular flexibility index (Phi) is 6.55. The summed E-state index contributed by atoms with van der Waals surface area (Å²) in [5.74, 6) is -0.794. The molecule has 0 bridgehead atoms.